The van der Waals surface area contributed by atoms with Gasteiger partial charge in [-0.1, -0.05) is 111 Å². The van der Waals surface area contributed by atoms with Crippen molar-refractivity contribution in [3.8, 4) is 0 Å². The van der Waals surface area contributed by atoms with E-state index in [1.165, 1.54) is 83.5 Å². The highest BCUT2D eigenvalue weighted by atomic mass is 16.5. The summed E-state index contributed by atoms with van der Waals surface area (Å²) in [5.74, 6) is -1.61. The first-order chi connectivity index (χ1) is 12.1. The second-order valence-corrected chi connectivity index (χ2v) is 7.65. The van der Waals surface area contributed by atoms with Crippen LogP contribution in [0.1, 0.15) is 124 Å². The van der Waals surface area contributed by atoms with Gasteiger partial charge in [0.2, 0.25) is 5.91 Å². The lowest BCUT2D eigenvalue weighted by Gasteiger charge is -2.33. The van der Waals surface area contributed by atoms with Crippen molar-refractivity contribution in [2.24, 2.45) is 0 Å². The molecule has 3 heteroatoms. The van der Waals surface area contributed by atoms with Crippen molar-refractivity contribution in [1.82, 2.24) is 4.90 Å². The number of rotatable bonds is 19. The van der Waals surface area contributed by atoms with Crippen LogP contribution in [0.5, 0.6) is 0 Å². The molecule has 0 aliphatic carbocycles. The summed E-state index contributed by atoms with van der Waals surface area (Å²) in [6.45, 7) is 7.58. The molecule has 0 unspecified atom stereocenters. The van der Waals surface area contributed by atoms with Crippen molar-refractivity contribution < 1.29 is 10.2 Å². The Morgan fingerprint density at radius 2 is 0.840 bits per heavy atom. The molecule has 0 aliphatic rings. The lowest BCUT2D eigenvalue weighted by Crippen LogP contribution is -2.48. The molecule has 0 aliphatic heterocycles. The molecule has 2 N–H and O–H groups in total. The molecule has 0 bridgehead atoms. The molecule has 0 saturated heterocycles. The van der Waals surface area contributed by atoms with Gasteiger partial charge in [-0.3, -0.25) is 4.90 Å². The van der Waals surface area contributed by atoms with E-state index in [4.69, 9.17) is 0 Å². The first-order valence-electron chi connectivity index (χ1n) is 11.3. The Morgan fingerprint density at radius 1 is 0.520 bits per heavy atom. The Labute approximate surface area is 158 Å². The van der Waals surface area contributed by atoms with Crippen LogP contribution in [-0.2, 0) is 0 Å². The van der Waals surface area contributed by atoms with E-state index < -0.39 is 5.91 Å². The molecule has 0 radical (unpaired) electrons. The fourth-order valence-electron chi connectivity index (χ4n) is 3.62. The highest BCUT2D eigenvalue weighted by Gasteiger charge is 2.28. The third-order valence-electron chi connectivity index (χ3n) is 5.39. The van der Waals surface area contributed by atoms with Crippen molar-refractivity contribution in [1.29, 1.82) is 0 Å². The molecule has 0 rings (SSSR count). The van der Waals surface area contributed by atoms with Gasteiger partial charge in [-0.25, -0.2) is 0 Å². The van der Waals surface area contributed by atoms with Crippen LogP contribution >= 0.6 is 0 Å². The van der Waals surface area contributed by atoms with E-state index in [0.717, 1.165) is 12.8 Å². The minimum Gasteiger partial charge on any atom is -0.353 e. The average Bonchev–Trinajstić information content (AvgIpc) is 2.59. The van der Waals surface area contributed by atoms with E-state index in [0.29, 0.717) is 19.5 Å². The second kappa shape index (κ2) is 17.3. The third-order valence-corrected chi connectivity index (χ3v) is 5.39. The fourth-order valence-corrected chi connectivity index (χ4v) is 3.62. The molecule has 0 atom stereocenters. The number of aliphatic hydroxyl groups is 2. The molecule has 0 aromatic heterocycles. The first kappa shape index (κ1) is 24.9. The molecule has 0 aromatic rings. The summed E-state index contributed by atoms with van der Waals surface area (Å²) in [7, 11) is 0. The predicted octanol–water partition coefficient (Wildman–Crippen LogP) is 6.23. The maximum Gasteiger partial charge on any atom is 0.224 e. The van der Waals surface area contributed by atoms with Gasteiger partial charge in [0, 0.05) is 19.5 Å². The van der Waals surface area contributed by atoms with Crippen LogP contribution in [-0.4, -0.2) is 34.1 Å². The van der Waals surface area contributed by atoms with Gasteiger partial charge in [0.1, 0.15) is 0 Å². The number of nitrogens with zero attached hydrogens (tertiary/aromatic N) is 1. The van der Waals surface area contributed by atoms with Crippen LogP contribution in [0, 0.1) is 0 Å². The third kappa shape index (κ3) is 14.7. The van der Waals surface area contributed by atoms with E-state index in [2.05, 4.69) is 6.92 Å². The van der Waals surface area contributed by atoms with E-state index >= 15 is 0 Å². The van der Waals surface area contributed by atoms with Crippen molar-refractivity contribution in [3.05, 3.63) is 0 Å². The van der Waals surface area contributed by atoms with Gasteiger partial charge in [-0.15, -0.1) is 0 Å². The molecule has 3 nitrogen and oxygen atoms in total. The van der Waals surface area contributed by atoms with E-state index in [-0.39, 0.29) is 0 Å². The Kier molecular flexibility index (Phi) is 17.2. The summed E-state index contributed by atoms with van der Waals surface area (Å²) >= 11 is 0. The molecule has 0 spiro atoms. The van der Waals surface area contributed by atoms with Gasteiger partial charge in [0.05, 0.1) is 0 Å². The zero-order valence-electron chi connectivity index (χ0n) is 17.6. The Bertz CT molecular complexity index is 265. The minimum absolute atomic E-state index is 0.465. The largest absolute Gasteiger partial charge is 0.353 e. The SMILES string of the molecule is CCCCCCCCCCCCCCCCCC(O)(O)N(CC)CC. The zero-order chi connectivity index (χ0) is 18.8. The maximum atomic E-state index is 10.1. The lowest BCUT2D eigenvalue weighted by atomic mass is 10.0. The quantitative estimate of drug-likeness (QED) is 0.213. The summed E-state index contributed by atoms with van der Waals surface area (Å²) in [4.78, 5) is 1.72. The number of unbranched alkanes of at least 4 members (excludes halogenated alkanes) is 14. The number of hydrogen-bond acceptors (Lipinski definition) is 3. The Balaban J connectivity index is 3.29. The van der Waals surface area contributed by atoms with E-state index in [9.17, 15) is 10.2 Å². The molecular formula is C22H47NO2. The molecule has 152 valence electrons. The summed E-state index contributed by atoms with van der Waals surface area (Å²) in [6, 6.07) is 0. The maximum absolute atomic E-state index is 10.1. The first-order valence-corrected chi connectivity index (χ1v) is 11.3. The second-order valence-electron chi connectivity index (χ2n) is 7.65. The normalized spacial score (nSPS) is 12.2. The van der Waals surface area contributed by atoms with Gasteiger partial charge in [-0.05, 0) is 6.42 Å². The van der Waals surface area contributed by atoms with Crippen LogP contribution in [0.15, 0.2) is 0 Å². The van der Waals surface area contributed by atoms with Crippen LogP contribution in [0.2, 0.25) is 0 Å². The Hall–Kier alpha value is -0.120. The molecule has 0 heterocycles. The van der Waals surface area contributed by atoms with Gasteiger partial charge < -0.3 is 10.2 Å². The van der Waals surface area contributed by atoms with Crippen molar-refractivity contribution >= 4 is 0 Å². The van der Waals surface area contributed by atoms with Crippen molar-refractivity contribution in [2.75, 3.05) is 13.1 Å². The van der Waals surface area contributed by atoms with Gasteiger partial charge in [0.25, 0.3) is 0 Å². The molecule has 0 fully saturated rings. The molecular weight excluding hydrogens is 310 g/mol. The highest BCUT2D eigenvalue weighted by molar-refractivity contribution is 4.66. The monoisotopic (exact) mass is 357 g/mol. The molecule has 25 heavy (non-hydrogen) atoms. The van der Waals surface area contributed by atoms with Gasteiger partial charge >= 0.3 is 0 Å². The van der Waals surface area contributed by atoms with Gasteiger partial charge in [-0.2, -0.15) is 0 Å². The Morgan fingerprint density at radius 3 is 1.16 bits per heavy atom. The molecule has 0 aromatic carbocycles. The summed E-state index contributed by atoms with van der Waals surface area (Å²) < 4.78 is 0. The van der Waals surface area contributed by atoms with Crippen LogP contribution in [0.25, 0.3) is 0 Å². The average molecular weight is 358 g/mol. The van der Waals surface area contributed by atoms with Crippen LogP contribution < -0.4 is 0 Å². The summed E-state index contributed by atoms with van der Waals surface area (Å²) in [5, 5.41) is 20.1. The van der Waals surface area contributed by atoms with Gasteiger partial charge in [0.15, 0.2) is 0 Å². The van der Waals surface area contributed by atoms with Crippen molar-refractivity contribution in [2.45, 2.75) is 129 Å². The van der Waals surface area contributed by atoms with Crippen LogP contribution in [0.3, 0.4) is 0 Å². The standard InChI is InChI=1S/C22H47NO2/c1-4-7-8-9-10-11-12-13-14-15-16-17-18-19-20-21-22(24,25)23(5-2)6-3/h24-25H,4-21H2,1-3H3. The smallest absolute Gasteiger partial charge is 0.224 e. The lowest BCUT2D eigenvalue weighted by molar-refractivity contribution is -0.266. The predicted molar refractivity (Wildman–Crippen MR) is 110 cm³/mol. The number of hydrogen-bond donors (Lipinski definition) is 2. The van der Waals surface area contributed by atoms with Crippen molar-refractivity contribution in [3.63, 3.8) is 0 Å². The van der Waals surface area contributed by atoms with E-state index in [1.807, 2.05) is 13.8 Å². The fraction of sp³-hybridized carbons (Fsp3) is 1.00. The minimum atomic E-state index is -1.61. The van der Waals surface area contributed by atoms with E-state index in [1.54, 1.807) is 4.90 Å². The van der Waals surface area contributed by atoms with Crippen LogP contribution in [0.4, 0.5) is 0 Å². The summed E-state index contributed by atoms with van der Waals surface area (Å²) in [5.41, 5.74) is 0. The topological polar surface area (TPSA) is 43.7 Å². The summed E-state index contributed by atoms with van der Waals surface area (Å²) in [6.07, 6.45) is 20.4. The zero-order valence-corrected chi connectivity index (χ0v) is 17.6. The molecule has 0 amide bonds. The highest BCUT2D eigenvalue weighted by Crippen LogP contribution is 2.18. The molecule has 0 saturated carbocycles.